The molecule has 2 heteroatoms. The predicted octanol–water partition coefficient (Wildman–Crippen LogP) is 2.11. The van der Waals surface area contributed by atoms with E-state index < -0.39 is 0 Å². The van der Waals surface area contributed by atoms with Gasteiger partial charge in [0.05, 0.1) is 0 Å². The van der Waals surface area contributed by atoms with Gasteiger partial charge in [-0.15, -0.1) is 0 Å². The summed E-state index contributed by atoms with van der Waals surface area (Å²) in [6, 6.07) is 0. The third-order valence-corrected chi connectivity index (χ3v) is 5.53. The summed E-state index contributed by atoms with van der Waals surface area (Å²) in [5.41, 5.74) is 0.706. The zero-order chi connectivity index (χ0) is 11.0. The van der Waals surface area contributed by atoms with Crippen molar-refractivity contribution in [2.45, 2.75) is 39.0 Å². The summed E-state index contributed by atoms with van der Waals surface area (Å²) in [6.07, 6.45) is 7.22. The molecule has 0 amide bonds. The zero-order valence-electron chi connectivity index (χ0n) is 10.7. The van der Waals surface area contributed by atoms with Gasteiger partial charge in [-0.3, -0.25) is 0 Å². The minimum absolute atomic E-state index is 0.706. The normalized spacial score (nSPS) is 47.4. The van der Waals surface area contributed by atoms with Crippen LogP contribution in [0.1, 0.15) is 39.0 Å². The second-order valence-corrected chi connectivity index (χ2v) is 6.22. The maximum absolute atomic E-state index is 3.63. The summed E-state index contributed by atoms with van der Waals surface area (Å²) < 4.78 is 0. The van der Waals surface area contributed by atoms with Crippen molar-refractivity contribution in [1.82, 2.24) is 10.2 Å². The molecule has 0 aromatic heterocycles. The molecule has 4 fully saturated rings. The van der Waals surface area contributed by atoms with Gasteiger partial charge >= 0.3 is 0 Å². The minimum atomic E-state index is 0.706. The largest absolute Gasteiger partial charge is 0.316 e. The van der Waals surface area contributed by atoms with Gasteiger partial charge < -0.3 is 10.2 Å². The van der Waals surface area contributed by atoms with E-state index in [-0.39, 0.29) is 0 Å². The Balaban J connectivity index is 1.82. The van der Waals surface area contributed by atoms with Gasteiger partial charge in [-0.1, -0.05) is 13.3 Å². The molecule has 92 valence electrons. The van der Waals surface area contributed by atoms with Crippen LogP contribution in [0.15, 0.2) is 0 Å². The Labute approximate surface area is 99.8 Å². The quantitative estimate of drug-likeness (QED) is 0.770. The lowest BCUT2D eigenvalue weighted by Crippen LogP contribution is -2.61. The van der Waals surface area contributed by atoms with E-state index in [1.165, 1.54) is 64.8 Å². The maximum Gasteiger partial charge on any atom is 0.00443 e. The van der Waals surface area contributed by atoms with E-state index in [9.17, 15) is 0 Å². The predicted molar refractivity (Wildman–Crippen MR) is 67.5 cm³/mol. The summed E-state index contributed by atoms with van der Waals surface area (Å²) in [5.74, 6) is 2.01. The van der Waals surface area contributed by atoms with Crippen LogP contribution in [0, 0.1) is 17.3 Å². The molecule has 0 saturated carbocycles. The molecular formula is C14H26N2. The van der Waals surface area contributed by atoms with Gasteiger partial charge in [0.15, 0.2) is 0 Å². The van der Waals surface area contributed by atoms with Crippen molar-refractivity contribution < 1.29 is 0 Å². The highest BCUT2D eigenvalue weighted by atomic mass is 15.2. The standard InChI is InChI=1S/C14H26N2/c1-2-3-13-10-15-7-6-14(13)11-16-8-4-12(14)5-9-16/h12-13,15H,2-11H2,1H3. The van der Waals surface area contributed by atoms with Gasteiger partial charge in [0.1, 0.15) is 0 Å². The fraction of sp³-hybridized carbons (Fsp3) is 1.00. The third kappa shape index (κ3) is 1.62. The molecule has 4 aliphatic heterocycles. The Kier molecular flexibility index (Phi) is 2.97. The number of fused-ring (bicyclic) bond motifs is 2. The van der Waals surface area contributed by atoms with E-state index >= 15 is 0 Å². The highest BCUT2D eigenvalue weighted by Gasteiger charge is 2.51. The monoisotopic (exact) mass is 222 g/mol. The van der Waals surface area contributed by atoms with Crippen molar-refractivity contribution in [1.29, 1.82) is 0 Å². The van der Waals surface area contributed by atoms with Gasteiger partial charge in [0.25, 0.3) is 0 Å². The van der Waals surface area contributed by atoms with Gasteiger partial charge in [0, 0.05) is 6.54 Å². The summed E-state index contributed by atoms with van der Waals surface area (Å²) >= 11 is 0. The van der Waals surface area contributed by atoms with E-state index in [1.54, 1.807) is 0 Å². The molecule has 4 saturated heterocycles. The molecular weight excluding hydrogens is 196 g/mol. The van der Waals surface area contributed by atoms with Crippen molar-refractivity contribution in [2.75, 3.05) is 32.7 Å². The van der Waals surface area contributed by atoms with Crippen molar-refractivity contribution in [2.24, 2.45) is 17.3 Å². The van der Waals surface area contributed by atoms with Crippen LogP contribution in [0.25, 0.3) is 0 Å². The Morgan fingerprint density at radius 3 is 2.75 bits per heavy atom. The molecule has 4 heterocycles. The first-order valence-corrected chi connectivity index (χ1v) is 7.28. The van der Waals surface area contributed by atoms with Crippen LogP contribution in [0.3, 0.4) is 0 Å². The zero-order valence-corrected chi connectivity index (χ0v) is 10.7. The Morgan fingerprint density at radius 2 is 2.12 bits per heavy atom. The first kappa shape index (κ1) is 11.0. The van der Waals surface area contributed by atoms with Crippen LogP contribution in [0.2, 0.25) is 0 Å². The molecule has 4 rings (SSSR count). The van der Waals surface area contributed by atoms with Gasteiger partial charge in [0.2, 0.25) is 0 Å². The molecule has 16 heavy (non-hydrogen) atoms. The number of hydrogen-bond acceptors (Lipinski definition) is 2. The summed E-state index contributed by atoms with van der Waals surface area (Å²) in [6.45, 7) is 9.10. The molecule has 2 atom stereocenters. The second-order valence-electron chi connectivity index (χ2n) is 6.22. The fourth-order valence-corrected chi connectivity index (χ4v) is 4.70. The SMILES string of the molecule is CCCC1CNCCC12CN1CCC2CC1. The third-order valence-electron chi connectivity index (χ3n) is 5.53. The lowest BCUT2D eigenvalue weighted by atomic mass is 9.56. The topological polar surface area (TPSA) is 15.3 Å². The summed E-state index contributed by atoms with van der Waals surface area (Å²) in [7, 11) is 0. The highest BCUT2D eigenvalue weighted by Crippen LogP contribution is 2.51. The van der Waals surface area contributed by atoms with Gasteiger partial charge in [-0.2, -0.15) is 0 Å². The van der Waals surface area contributed by atoms with Crippen molar-refractivity contribution >= 4 is 0 Å². The first-order chi connectivity index (χ1) is 7.85. The number of rotatable bonds is 2. The lowest BCUT2D eigenvalue weighted by molar-refractivity contribution is -0.0859. The van der Waals surface area contributed by atoms with Crippen LogP contribution in [0.4, 0.5) is 0 Å². The number of hydrogen-bond donors (Lipinski definition) is 1. The smallest absolute Gasteiger partial charge is 0.00443 e. The molecule has 2 nitrogen and oxygen atoms in total. The van der Waals surface area contributed by atoms with Crippen LogP contribution >= 0.6 is 0 Å². The van der Waals surface area contributed by atoms with Crippen molar-refractivity contribution in [3.05, 3.63) is 0 Å². The van der Waals surface area contributed by atoms with Crippen LogP contribution in [-0.2, 0) is 0 Å². The van der Waals surface area contributed by atoms with Crippen LogP contribution < -0.4 is 5.32 Å². The molecule has 1 N–H and O–H groups in total. The summed E-state index contributed by atoms with van der Waals surface area (Å²) in [5, 5.41) is 3.63. The van der Waals surface area contributed by atoms with Gasteiger partial charge in [-0.25, -0.2) is 0 Å². The van der Waals surface area contributed by atoms with Crippen LogP contribution in [0.5, 0.6) is 0 Å². The van der Waals surface area contributed by atoms with E-state index in [0.717, 1.165) is 11.8 Å². The average molecular weight is 222 g/mol. The molecule has 0 aromatic rings. The number of piperidine rings is 4. The highest BCUT2D eigenvalue weighted by molar-refractivity contribution is 5.03. The molecule has 0 aliphatic carbocycles. The van der Waals surface area contributed by atoms with E-state index in [4.69, 9.17) is 0 Å². The Bertz CT molecular complexity index is 243. The van der Waals surface area contributed by atoms with E-state index in [2.05, 4.69) is 17.1 Å². The Hall–Kier alpha value is -0.0800. The number of nitrogens with one attached hydrogen (secondary N) is 1. The average Bonchev–Trinajstić information content (AvgIpc) is 2.34. The number of nitrogens with zero attached hydrogens (tertiary/aromatic N) is 1. The fourth-order valence-electron chi connectivity index (χ4n) is 4.70. The molecule has 0 radical (unpaired) electrons. The second kappa shape index (κ2) is 4.30. The lowest BCUT2D eigenvalue weighted by Gasteiger charge is -2.59. The Morgan fingerprint density at radius 1 is 1.31 bits per heavy atom. The molecule has 4 aliphatic rings. The van der Waals surface area contributed by atoms with E-state index in [0.29, 0.717) is 5.41 Å². The molecule has 1 spiro atoms. The van der Waals surface area contributed by atoms with Crippen LogP contribution in [-0.4, -0.2) is 37.6 Å². The molecule has 2 unspecified atom stereocenters. The van der Waals surface area contributed by atoms with Crippen molar-refractivity contribution in [3.8, 4) is 0 Å². The minimum Gasteiger partial charge on any atom is -0.316 e. The first-order valence-electron chi connectivity index (χ1n) is 7.28. The van der Waals surface area contributed by atoms with E-state index in [1.807, 2.05) is 0 Å². The maximum atomic E-state index is 3.63. The molecule has 2 bridgehead atoms. The summed E-state index contributed by atoms with van der Waals surface area (Å²) in [4.78, 5) is 2.74. The van der Waals surface area contributed by atoms with Crippen molar-refractivity contribution in [3.63, 3.8) is 0 Å². The van der Waals surface area contributed by atoms with Gasteiger partial charge in [-0.05, 0) is 69.1 Å². The molecule has 0 aromatic carbocycles.